The first-order chi connectivity index (χ1) is 11.6. The van der Waals surface area contributed by atoms with Gasteiger partial charge in [-0.1, -0.05) is 31.5 Å². The van der Waals surface area contributed by atoms with Crippen molar-refractivity contribution in [2.75, 3.05) is 0 Å². The highest BCUT2D eigenvalue weighted by molar-refractivity contribution is 5.99. The average Bonchev–Trinajstić information content (AvgIpc) is 2.61. The van der Waals surface area contributed by atoms with Crippen LogP contribution in [-0.4, -0.2) is 15.4 Å². The van der Waals surface area contributed by atoms with Crippen LogP contribution in [0.5, 0.6) is 5.75 Å². The molecule has 0 fully saturated rings. The van der Waals surface area contributed by atoms with Crippen molar-refractivity contribution in [1.29, 1.82) is 0 Å². The summed E-state index contributed by atoms with van der Waals surface area (Å²) in [6, 6.07) is 13.3. The van der Waals surface area contributed by atoms with E-state index in [1.807, 2.05) is 18.2 Å². The maximum atomic E-state index is 11.0. The lowest BCUT2D eigenvalue weighted by Crippen LogP contribution is -2.32. The van der Waals surface area contributed by atoms with E-state index in [9.17, 15) is 10.1 Å². The molecular formula is C19H20NO3Si. The Morgan fingerprint density at radius 3 is 2.62 bits per heavy atom. The third-order valence-electron chi connectivity index (χ3n) is 5.07. The molecule has 1 aliphatic carbocycles. The number of nitro benzene ring substituents is 1. The number of benzene rings is 2. The Kier molecular flexibility index (Phi) is 4.71. The Bertz CT molecular complexity index is 745. The molecule has 2 aromatic rings. The monoisotopic (exact) mass is 338 g/mol. The van der Waals surface area contributed by atoms with E-state index in [1.54, 1.807) is 12.1 Å². The molecule has 5 heteroatoms. The van der Waals surface area contributed by atoms with E-state index in [1.165, 1.54) is 16.7 Å². The number of aryl methyl sites for hydroxylation is 1. The zero-order valence-electron chi connectivity index (χ0n) is 13.7. The summed E-state index contributed by atoms with van der Waals surface area (Å²) in [5, 5.41) is 11.0. The van der Waals surface area contributed by atoms with Gasteiger partial charge < -0.3 is 4.43 Å². The number of non-ortho nitro benzene ring substituents is 1. The van der Waals surface area contributed by atoms with Gasteiger partial charge in [0.05, 0.1) is 4.92 Å². The summed E-state index contributed by atoms with van der Waals surface area (Å²) in [6.45, 7) is 2.19. The Hall–Kier alpha value is -2.14. The summed E-state index contributed by atoms with van der Waals surface area (Å²) in [7, 11) is 3.10. The molecule has 0 bridgehead atoms. The van der Waals surface area contributed by atoms with Crippen molar-refractivity contribution >= 4 is 16.2 Å². The molecule has 0 spiro atoms. The van der Waals surface area contributed by atoms with E-state index in [4.69, 9.17) is 4.43 Å². The fourth-order valence-corrected chi connectivity index (χ4v) is 4.18. The maximum absolute atomic E-state index is 11.0. The Labute approximate surface area is 145 Å². The van der Waals surface area contributed by atoms with Gasteiger partial charge in [-0.2, -0.15) is 0 Å². The van der Waals surface area contributed by atoms with Gasteiger partial charge in [0.2, 0.25) is 0 Å². The van der Waals surface area contributed by atoms with Crippen molar-refractivity contribution in [2.45, 2.75) is 44.4 Å². The summed E-state index contributed by atoms with van der Waals surface area (Å²) < 4.78 is 5.19. The standard InChI is InChI=1S/C19H20NO3Si/c1-2-11-19(15-5-7-16(8-6-15)20(21)22)12-3-4-14-13-17(23-24)9-10-18(14)19/h5-10,13H,2-4,11-12H2,1H3. The molecule has 4 nitrogen and oxygen atoms in total. The molecule has 1 unspecified atom stereocenters. The van der Waals surface area contributed by atoms with Gasteiger partial charge in [0, 0.05) is 17.5 Å². The molecule has 0 saturated heterocycles. The van der Waals surface area contributed by atoms with Crippen LogP contribution >= 0.6 is 0 Å². The maximum Gasteiger partial charge on any atom is 0.341 e. The Balaban J connectivity index is 2.11. The molecule has 1 aliphatic rings. The summed E-state index contributed by atoms with van der Waals surface area (Å²) in [5.41, 5.74) is 3.88. The predicted molar refractivity (Wildman–Crippen MR) is 94.5 cm³/mol. The van der Waals surface area contributed by atoms with Gasteiger partial charge >= 0.3 is 10.5 Å². The quantitative estimate of drug-likeness (QED) is 0.459. The van der Waals surface area contributed by atoms with Crippen LogP contribution in [0, 0.1) is 10.1 Å². The number of rotatable bonds is 5. The first kappa shape index (κ1) is 16.7. The van der Waals surface area contributed by atoms with E-state index >= 15 is 0 Å². The van der Waals surface area contributed by atoms with Gasteiger partial charge in [0.25, 0.3) is 5.69 Å². The second kappa shape index (κ2) is 6.77. The Morgan fingerprint density at radius 1 is 1.25 bits per heavy atom. The highest BCUT2D eigenvalue weighted by atomic mass is 28.2. The van der Waals surface area contributed by atoms with Crippen molar-refractivity contribution in [1.82, 2.24) is 0 Å². The minimum atomic E-state index is -0.343. The molecule has 24 heavy (non-hydrogen) atoms. The topological polar surface area (TPSA) is 52.4 Å². The van der Waals surface area contributed by atoms with E-state index in [-0.39, 0.29) is 16.0 Å². The predicted octanol–water partition coefficient (Wildman–Crippen LogP) is 4.48. The minimum absolute atomic E-state index is 0.0677. The zero-order valence-corrected chi connectivity index (χ0v) is 14.7. The lowest BCUT2D eigenvalue weighted by Gasteiger charge is -2.40. The van der Waals surface area contributed by atoms with E-state index in [0.29, 0.717) is 0 Å². The molecule has 1 atom stereocenters. The lowest BCUT2D eigenvalue weighted by molar-refractivity contribution is -0.384. The van der Waals surface area contributed by atoms with E-state index in [0.717, 1.165) is 37.9 Å². The normalized spacial score (nSPS) is 19.6. The van der Waals surface area contributed by atoms with Crippen LogP contribution in [0.15, 0.2) is 42.5 Å². The van der Waals surface area contributed by atoms with Crippen LogP contribution in [0.4, 0.5) is 5.69 Å². The summed E-state index contributed by atoms with van der Waals surface area (Å²) in [6.07, 6.45) is 5.31. The number of fused-ring (bicyclic) bond motifs is 1. The fourth-order valence-electron chi connectivity index (χ4n) is 4.06. The number of nitro groups is 1. The minimum Gasteiger partial charge on any atom is -0.540 e. The third kappa shape index (κ3) is 2.84. The van der Waals surface area contributed by atoms with Crippen LogP contribution in [0.25, 0.3) is 0 Å². The SMILES string of the molecule is CCCC1(c2ccc([N+](=O)[O-])cc2)CCCc2cc(O[Si])ccc21. The van der Waals surface area contributed by atoms with Crippen LogP contribution < -0.4 is 4.43 Å². The van der Waals surface area contributed by atoms with Gasteiger partial charge in [-0.3, -0.25) is 10.1 Å². The van der Waals surface area contributed by atoms with Crippen molar-refractivity contribution in [2.24, 2.45) is 0 Å². The summed E-state index contributed by atoms with van der Waals surface area (Å²) in [5.74, 6) is 0.807. The Morgan fingerprint density at radius 2 is 2.00 bits per heavy atom. The molecule has 0 heterocycles. The molecule has 0 N–H and O–H groups in total. The molecule has 0 saturated carbocycles. The molecule has 3 rings (SSSR count). The van der Waals surface area contributed by atoms with Crippen molar-refractivity contribution in [3.05, 3.63) is 69.3 Å². The van der Waals surface area contributed by atoms with E-state index in [2.05, 4.69) is 29.5 Å². The summed E-state index contributed by atoms with van der Waals surface area (Å²) in [4.78, 5) is 10.6. The summed E-state index contributed by atoms with van der Waals surface area (Å²) >= 11 is 0. The largest absolute Gasteiger partial charge is 0.540 e. The van der Waals surface area contributed by atoms with Crippen molar-refractivity contribution < 1.29 is 9.35 Å². The third-order valence-corrected chi connectivity index (χ3v) is 5.30. The highest BCUT2D eigenvalue weighted by Crippen LogP contribution is 2.47. The molecule has 3 radical (unpaired) electrons. The molecule has 123 valence electrons. The van der Waals surface area contributed by atoms with Gasteiger partial charge in [-0.05, 0) is 54.5 Å². The van der Waals surface area contributed by atoms with Crippen LogP contribution in [-0.2, 0) is 11.8 Å². The molecule has 0 aliphatic heterocycles. The molecule has 0 aromatic heterocycles. The lowest BCUT2D eigenvalue weighted by atomic mass is 9.64. The number of nitrogens with zero attached hydrogens (tertiary/aromatic N) is 1. The smallest absolute Gasteiger partial charge is 0.341 e. The second-order valence-electron chi connectivity index (χ2n) is 6.41. The number of hydrogen-bond acceptors (Lipinski definition) is 3. The van der Waals surface area contributed by atoms with Gasteiger partial charge in [-0.15, -0.1) is 0 Å². The van der Waals surface area contributed by atoms with Gasteiger partial charge in [0.1, 0.15) is 5.75 Å². The van der Waals surface area contributed by atoms with Crippen LogP contribution in [0.3, 0.4) is 0 Å². The molecule has 2 aromatic carbocycles. The average molecular weight is 338 g/mol. The second-order valence-corrected chi connectivity index (χ2v) is 6.61. The fraction of sp³-hybridized carbons (Fsp3) is 0.368. The molecular weight excluding hydrogens is 318 g/mol. The van der Waals surface area contributed by atoms with Gasteiger partial charge in [0.15, 0.2) is 0 Å². The van der Waals surface area contributed by atoms with Gasteiger partial charge in [-0.25, -0.2) is 0 Å². The first-order valence-corrected chi connectivity index (χ1v) is 8.73. The van der Waals surface area contributed by atoms with Crippen LogP contribution in [0.1, 0.15) is 49.3 Å². The van der Waals surface area contributed by atoms with Crippen LogP contribution in [0.2, 0.25) is 0 Å². The number of hydrogen-bond donors (Lipinski definition) is 0. The van der Waals surface area contributed by atoms with Crippen molar-refractivity contribution in [3.8, 4) is 5.75 Å². The first-order valence-electron chi connectivity index (χ1n) is 8.32. The zero-order chi connectivity index (χ0) is 17.2. The van der Waals surface area contributed by atoms with Crippen molar-refractivity contribution in [3.63, 3.8) is 0 Å². The van der Waals surface area contributed by atoms with E-state index < -0.39 is 0 Å². The molecule has 0 amide bonds. The highest BCUT2D eigenvalue weighted by Gasteiger charge is 2.37.